The van der Waals surface area contributed by atoms with Crippen LogP contribution in [0.25, 0.3) is 11.0 Å². The van der Waals surface area contributed by atoms with E-state index in [1.54, 1.807) is 12.1 Å². The zero-order chi connectivity index (χ0) is 21.6. The molecule has 31 heavy (non-hydrogen) atoms. The number of amides is 1. The third-order valence-electron chi connectivity index (χ3n) is 5.06. The highest BCUT2D eigenvalue weighted by atomic mass is 35.5. The fourth-order valence-corrected chi connectivity index (χ4v) is 3.66. The Morgan fingerprint density at radius 3 is 2.52 bits per heavy atom. The summed E-state index contributed by atoms with van der Waals surface area (Å²) in [5.41, 5.74) is 2.59. The molecule has 4 aromatic rings. The molecule has 1 heterocycles. The van der Waals surface area contributed by atoms with Crippen LogP contribution in [0.15, 0.2) is 78.9 Å². The number of imidazole rings is 1. The van der Waals surface area contributed by atoms with Crippen molar-refractivity contribution in [2.45, 2.75) is 25.9 Å². The summed E-state index contributed by atoms with van der Waals surface area (Å²) in [6.07, 6.45) is 0.801. The van der Waals surface area contributed by atoms with E-state index in [2.05, 4.69) is 16.0 Å². The fraction of sp³-hybridized carbons (Fsp3) is 0.200. The summed E-state index contributed by atoms with van der Waals surface area (Å²) in [4.78, 5) is 17.4. The molecule has 158 valence electrons. The van der Waals surface area contributed by atoms with E-state index in [4.69, 9.17) is 21.3 Å². The van der Waals surface area contributed by atoms with Gasteiger partial charge >= 0.3 is 0 Å². The van der Waals surface area contributed by atoms with Crippen LogP contribution in [0.3, 0.4) is 0 Å². The van der Waals surface area contributed by atoms with Crippen molar-refractivity contribution in [3.63, 3.8) is 0 Å². The Hall–Kier alpha value is -3.31. The standard InChI is InChI=1S/C25H24ClN3O2/c1-18(27-25(30)19-8-3-2-4-9-19)24-28-22-10-5-6-11-23(22)29(24)16-7-17-31-21-14-12-20(26)13-15-21/h2-6,8-15,18H,7,16-17H2,1H3,(H,27,30). The van der Waals surface area contributed by atoms with Crippen LogP contribution in [0, 0.1) is 0 Å². The molecule has 0 radical (unpaired) electrons. The summed E-state index contributed by atoms with van der Waals surface area (Å²) in [6.45, 7) is 3.26. The molecule has 6 heteroatoms. The molecule has 1 amide bonds. The van der Waals surface area contributed by atoms with Crippen LogP contribution in [0.5, 0.6) is 5.75 Å². The number of aryl methyl sites for hydroxylation is 1. The van der Waals surface area contributed by atoms with Crippen LogP contribution in [0.2, 0.25) is 5.02 Å². The minimum absolute atomic E-state index is 0.113. The number of nitrogens with one attached hydrogen (secondary N) is 1. The van der Waals surface area contributed by atoms with Crippen LogP contribution in [0.4, 0.5) is 0 Å². The van der Waals surface area contributed by atoms with E-state index >= 15 is 0 Å². The minimum Gasteiger partial charge on any atom is -0.494 e. The Morgan fingerprint density at radius 2 is 1.74 bits per heavy atom. The average Bonchev–Trinajstić information content (AvgIpc) is 3.17. The number of fused-ring (bicyclic) bond motifs is 1. The predicted octanol–water partition coefficient (Wildman–Crippen LogP) is 5.65. The number of nitrogens with zero attached hydrogens (tertiary/aromatic N) is 2. The molecule has 1 unspecified atom stereocenters. The van der Waals surface area contributed by atoms with Gasteiger partial charge in [0.2, 0.25) is 0 Å². The minimum atomic E-state index is -0.239. The first kappa shape index (κ1) is 20.9. The van der Waals surface area contributed by atoms with E-state index in [1.165, 1.54) is 0 Å². The van der Waals surface area contributed by atoms with Crippen molar-refractivity contribution in [2.75, 3.05) is 6.61 Å². The first-order chi connectivity index (χ1) is 15.1. The van der Waals surface area contributed by atoms with E-state index in [0.717, 1.165) is 35.6 Å². The third-order valence-corrected chi connectivity index (χ3v) is 5.32. The van der Waals surface area contributed by atoms with E-state index in [-0.39, 0.29) is 11.9 Å². The second kappa shape index (κ2) is 9.67. The van der Waals surface area contributed by atoms with Crippen LogP contribution < -0.4 is 10.1 Å². The van der Waals surface area contributed by atoms with E-state index in [0.29, 0.717) is 17.2 Å². The molecule has 0 saturated heterocycles. The monoisotopic (exact) mass is 433 g/mol. The summed E-state index contributed by atoms with van der Waals surface area (Å²) in [5.74, 6) is 1.51. The van der Waals surface area contributed by atoms with Gasteiger partial charge in [-0.1, -0.05) is 41.9 Å². The number of halogens is 1. The number of hydrogen-bond donors (Lipinski definition) is 1. The third kappa shape index (κ3) is 5.06. The van der Waals surface area contributed by atoms with E-state index in [9.17, 15) is 4.79 Å². The van der Waals surface area contributed by atoms with E-state index in [1.807, 2.05) is 67.6 Å². The van der Waals surface area contributed by atoms with Gasteiger partial charge in [0.15, 0.2) is 0 Å². The van der Waals surface area contributed by atoms with Gasteiger partial charge in [-0.05, 0) is 61.9 Å². The Balaban J connectivity index is 1.47. The molecular formula is C25H24ClN3O2. The number of carbonyl (C=O) groups excluding carboxylic acids is 1. The molecular weight excluding hydrogens is 410 g/mol. The van der Waals surface area contributed by atoms with Gasteiger partial charge in [0.1, 0.15) is 11.6 Å². The first-order valence-electron chi connectivity index (χ1n) is 10.3. The van der Waals surface area contributed by atoms with Crippen molar-refractivity contribution < 1.29 is 9.53 Å². The zero-order valence-electron chi connectivity index (χ0n) is 17.3. The van der Waals surface area contributed by atoms with Crippen molar-refractivity contribution in [1.82, 2.24) is 14.9 Å². The van der Waals surface area contributed by atoms with Crippen LogP contribution in [0.1, 0.15) is 35.6 Å². The van der Waals surface area contributed by atoms with Crippen molar-refractivity contribution >= 4 is 28.5 Å². The van der Waals surface area contributed by atoms with Gasteiger partial charge in [-0.25, -0.2) is 4.98 Å². The van der Waals surface area contributed by atoms with Crippen LogP contribution in [-0.4, -0.2) is 22.1 Å². The van der Waals surface area contributed by atoms with Gasteiger partial charge in [0.25, 0.3) is 5.91 Å². The molecule has 0 aliphatic heterocycles. The van der Waals surface area contributed by atoms with Crippen molar-refractivity contribution in [1.29, 1.82) is 0 Å². The molecule has 0 aliphatic rings. The second-order valence-electron chi connectivity index (χ2n) is 7.33. The molecule has 0 fully saturated rings. The average molecular weight is 434 g/mol. The predicted molar refractivity (Wildman–Crippen MR) is 124 cm³/mol. The van der Waals surface area contributed by atoms with Gasteiger partial charge in [-0.2, -0.15) is 0 Å². The second-order valence-corrected chi connectivity index (χ2v) is 7.76. The Morgan fingerprint density at radius 1 is 1.03 bits per heavy atom. The maximum absolute atomic E-state index is 12.6. The SMILES string of the molecule is CC(NC(=O)c1ccccc1)c1nc2ccccc2n1CCCOc1ccc(Cl)cc1. The molecule has 0 spiro atoms. The highest BCUT2D eigenvalue weighted by Crippen LogP contribution is 2.22. The highest BCUT2D eigenvalue weighted by molar-refractivity contribution is 6.30. The van der Waals surface area contributed by atoms with Gasteiger partial charge in [0, 0.05) is 17.1 Å². The van der Waals surface area contributed by atoms with Crippen LogP contribution >= 0.6 is 11.6 Å². The summed E-state index contributed by atoms with van der Waals surface area (Å²) in [7, 11) is 0. The number of carbonyl (C=O) groups is 1. The maximum Gasteiger partial charge on any atom is 0.251 e. The quantitative estimate of drug-likeness (QED) is 0.365. The largest absolute Gasteiger partial charge is 0.494 e. The molecule has 4 rings (SSSR count). The molecule has 1 aromatic heterocycles. The van der Waals surface area contributed by atoms with Gasteiger partial charge in [-0.15, -0.1) is 0 Å². The fourth-order valence-electron chi connectivity index (χ4n) is 3.54. The van der Waals surface area contributed by atoms with Crippen molar-refractivity contribution in [3.05, 3.63) is 95.3 Å². The molecule has 0 saturated carbocycles. The smallest absolute Gasteiger partial charge is 0.251 e. The Labute approximate surface area is 186 Å². The summed E-state index contributed by atoms with van der Waals surface area (Å²) in [6, 6.07) is 24.4. The van der Waals surface area contributed by atoms with Crippen molar-refractivity contribution in [3.8, 4) is 5.75 Å². The van der Waals surface area contributed by atoms with E-state index < -0.39 is 0 Å². The number of rotatable bonds is 8. The molecule has 0 bridgehead atoms. The van der Waals surface area contributed by atoms with Gasteiger partial charge in [-0.3, -0.25) is 4.79 Å². The first-order valence-corrected chi connectivity index (χ1v) is 10.7. The number of aromatic nitrogens is 2. The van der Waals surface area contributed by atoms with Crippen LogP contribution in [-0.2, 0) is 6.54 Å². The molecule has 0 aliphatic carbocycles. The summed E-state index contributed by atoms with van der Waals surface area (Å²) in [5, 5.41) is 3.76. The molecule has 1 N–H and O–H groups in total. The zero-order valence-corrected chi connectivity index (χ0v) is 18.0. The lowest BCUT2D eigenvalue weighted by molar-refractivity contribution is 0.0937. The van der Waals surface area contributed by atoms with Gasteiger partial charge in [0.05, 0.1) is 23.7 Å². The lowest BCUT2D eigenvalue weighted by atomic mass is 10.2. The Bertz CT molecular complexity index is 1160. The molecule has 1 atom stereocenters. The Kier molecular flexibility index (Phi) is 6.53. The number of benzene rings is 3. The molecule has 5 nitrogen and oxygen atoms in total. The normalized spacial score (nSPS) is 11.9. The lowest BCUT2D eigenvalue weighted by Gasteiger charge is -2.17. The number of ether oxygens (including phenoxy) is 1. The summed E-state index contributed by atoms with van der Waals surface area (Å²) < 4.78 is 8.00. The topological polar surface area (TPSA) is 56.2 Å². The molecule has 3 aromatic carbocycles. The summed E-state index contributed by atoms with van der Waals surface area (Å²) >= 11 is 5.92. The van der Waals surface area contributed by atoms with Gasteiger partial charge < -0.3 is 14.6 Å². The lowest BCUT2D eigenvalue weighted by Crippen LogP contribution is -2.28. The van der Waals surface area contributed by atoms with Crippen molar-refractivity contribution in [2.24, 2.45) is 0 Å². The highest BCUT2D eigenvalue weighted by Gasteiger charge is 2.19. The number of para-hydroxylation sites is 2. The number of hydrogen-bond acceptors (Lipinski definition) is 3. The maximum atomic E-state index is 12.6.